The molecule has 2 N–H and O–H groups in total. The number of nitrogens with zero attached hydrogens (tertiary/aromatic N) is 2. The molecule has 1 aliphatic carbocycles. The molecule has 20 heavy (non-hydrogen) atoms. The fourth-order valence-corrected chi connectivity index (χ4v) is 3.22. The highest BCUT2D eigenvalue weighted by Gasteiger charge is 2.32. The third kappa shape index (κ3) is 3.62. The van der Waals surface area contributed by atoms with Crippen LogP contribution in [-0.2, 0) is 0 Å². The third-order valence-electron chi connectivity index (χ3n) is 4.15. The molecule has 5 heteroatoms. The zero-order chi connectivity index (χ0) is 14.6. The number of nitrogens with one attached hydrogen (secondary N) is 2. The van der Waals surface area contributed by atoms with Crippen molar-refractivity contribution in [2.75, 3.05) is 17.2 Å². The maximum absolute atomic E-state index is 4.40. The van der Waals surface area contributed by atoms with E-state index in [1.165, 1.54) is 25.7 Å². The normalized spacial score (nSPS) is 21.5. The van der Waals surface area contributed by atoms with Gasteiger partial charge in [-0.25, -0.2) is 9.97 Å². The molecule has 0 bridgehead atoms. The molecule has 1 fully saturated rings. The van der Waals surface area contributed by atoms with E-state index in [2.05, 4.69) is 57.3 Å². The van der Waals surface area contributed by atoms with E-state index in [4.69, 9.17) is 0 Å². The Morgan fingerprint density at radius 2 is 2.05 bits per heavy atom. The van der Waals surface area contributed by atoms with Gasteiger partial charge in [-0.05, 0) is 40.6 Å². The highest BCUT2D eigenvalue weighted by atomic mass is 79.9. The molecule has 4 nitrogen and oxygen atoms in total. The van der Waals surface area contributed by atoms with Crippen LogP contribution in [0.25, 0.3) is 0 Å². The van der Waals surface area contributed by atoms with Gasteiger partial charge in [0.15, 0.2) is 0 Å². The van der Waals surface area contributed by atoms with Gasteiger partial charge in [-0.3, -0.25) is 0 Å². The summed E-state index contributed by atoms with van der Waals surface area (Å²) in [5, 5.41) is 6.94. The Bertz CT molecular complexity index is 447. The molecular formula is C15H25BrN4. The van der Waals surface area contributed by atoms with E-state index in [0.29, 0.717) is 11.5 Å². The molecule has 1 saturated carbocycles. The highest BCUT2D eigenvalue weighted by Crippen LogP contribution is 2.38. The Hall–Kier alpha value is -0.840. The van der Waals surface area contributed by atoms with Crippen molar-refractivity contribution in [2.24, 2.45) is 5.41 Å². The summed E-state index contributed by atoms with van der Waals surface area (Å²) < 4.78 is 0.940. The smallest absolute Gasteiger partial charge is 0.146 e. The molecule has 0 radical (unpaired) electrons. The van der Waals surface area contributed by atoms with E-state index in [-0.39, 0.29) is 0 Å². The topological polar surface area (TPSA) is 49.8 Å². The molecule has 0 amide bonds. The molecule has 1 aromatic rings. The van der Waals surface area contributed by atoms with Gasteiger partial charge >= 0.3 is 0 Å². The number of hydrogen-bond acceptors (Lipinski definition) is 4. The molecule has 0 aliphatic heterocycles. The van der Waals surface area contributed by atoms with Crippen molar-refractivity contribution in [3.8, 4) is 0 Å². The second kappa shape index (κ2) is 6.74. The summed E-state index contributed by atoms with van der Waals surface area (Å²) in [6.45, 7) is 7.75. The van der Waals surface area contributed by atoms with Crippen LogP contribution >= 0.6 is 15.9 Å². The van der Waals surface area contributed by atoms with E-state index in [9.17, 15) is 0 Å². The van der Waals surface area contributed by atoms with Crippen molar-refractivity contribution in [1.29, 1.82) is 0 Å². The number of hydrogen-bond donors (Lipinski definition) is 2. The van der Waals surface area contributed by atoms with Gasteiger partial charge in [0.05, 0.1) is 0 Å². The van der Waals surface area contributed by atoms with Crippen molar-refractivity contribution in [1.82, 2.24) is 9.97 Å². The van der Waals surface area contributed by atoms with Crippen molar-refractivity contribution in [2.45, 2.75) is 58.9 Å². The van der Waals surface area contributed by atoms with Gasteiger partial charge in [-0.15, -0.1) is 0 Å². The summed E-state index contributed by atoms with van der Waals surface area (Å²) in [6, 6.07) is 0.474. The molecule has 2 rings (SSSR count). The van der Waals surface area contributed by atoms with Crippen LogP contribution in [0.2, 0.25) is 0 Å². The number of rotatable bonds is 5. The van der Waals surface area contributed by atoms with Crippen LogP contribution in [0.15, 0.2) is 10.8 Å². The van der Waals surface area contributed by atoms with Crippen LogP contribution in [0.1, 0.15) is 52.9 Å². The van der Waals surface area contributed by atoms with Crippen LogP contribution in [0.4, 0.5) is 11.6 Å². The first-order chi connectivity index (χ1) is 9.54. The summed E-state index contributed by atoms with van der Waals surface area (Å²) in [6.07, 6.45) is 7.81. The lowest BCUT2D eigenvalue weighted by atomic mass is 9.73. The SMILES string of the molecule is CCCNc1ncnc(NC2CCCCC2(C)C)c1Br. The fraction of sp³-hybridized carbons (Fsp3) is 0.733. The van der Waals surface area contributed by atoms with Gasteiger partial charge in [0.25, 0.3) is 0 Å². The quantitative estimate of drug-likeness (QED) is 0.831. The molecule has 0 aromatic carbocycles. The van der Waals surface area contributed by atoms with Crippen molar-refractivity contribution in [3.05, 3.63) is 10.8 Å². The largest absolute Gasteiger partial charge is 0.369 e. The highest BCUT2D eigenvalue weighted by molar-refractivity contribution is 9.10. The van der Waals surface area contributed by atoms with Crippen molar-refractivity contribution < 1.29 is 0 Å². The van der Waals surface area contributed by atoms with Crippen LogP contribution in [0, 0.1) is 5.41 Å². The van der Waals surface area contributed by atoms with Gasteiger partial charge in [-0.1, -0.05) is 33.6 Å². The Morgan fingerprint density at radius 3 is 2.75 bits per heavy atom. The van der Waals surface area contributed by atoms with Gasteiger partial charge in [0, 0.05) is 12.6 Å². The number of halogens is 1. The lowest BCUT2D eigenvalue weighted by Crippen LogP contribution is -2.39. The average molecular weight is 341 g/mol. The average Bonchev–Trinajstić information content (AvgIpc) is 2.42. The molecule has 0 spiro atoms. The van der Waals surface area contributed by atoms with Crippen molar-refractivity contribution in [3.63, 3.8) is 0 Å². The monoisotopic (exact) mass is 340 g/mol. The molecule has 1 unspecified atom stereocenters. The van der Waals surface area contributed by atoms with Crippen LogP contribution in [0.5, 0.6) is 0 Å². The predicted molar refractivity (Wildman–Crippen MR) is 88.2 cm³/mol. The second-order valence-corrected chi connectivity index (χ2v) is 7.04. The lowest BCUT2D eigenvalue weighted by molar-refractivity contribution is 0.216. The van der Waals surface area contributed by atoms with E-state index in [0.717, 1.165) is 29.1 Å². The summed E-state index contributed by atoms with van der Waals surface area (Å²) in [4.78, 5) is 8.69. The van der Waals surface area contributed by atoms with Crippen LogP contribution in [0.3, 0.4) is 0 Å². The Labute approximate surface area is 130 Å². The lowest BCUT2D eigenvalue weighted by Gasteiger charge is -2.39. The van der Waals surface area contributed by atoms with Gasteiger partial charge < -0.3 is 10.6 Å². The summed E-state index contributed by atoms with van der Waals surface area (Å²) in [5.41, 5.74) is 0.319. The summed E-state index contributed by atoms with van der Waals surface area (Å²) in [7, 11) is 0. The molecule has 1 aromatic heterocycles. The zero-order valence-electron chi connectivity index (χ0n) is 12.7. The Morgan fingerprint density at radius 1 is 1.30 bits per heavy atom. The maximum Gasteiger partial charge on any atom is 0.146 e. The standard InChI is InChI=1S/C15H25BrN4/c1-4-9-17-13-12(16)14(19-10-18-13)20-11-7-5-6-8-15(11,2)3/h10-11H,4-9H2,1-3H3,(H2,17,18,19,20). The van der Waals surface area contributed by atoms with Gasteiger partial charge in [0.1, 0.15) is 22.4 Å². The minimum absolute atomic E-state index is 0.319. The van der Waals surface area contributed by atoms with E-state index >= 15 is 0 Å². The summed E-state index contributed by atoms with van der Waals surface area (Å²) >= 11 is 3.63. The van der Waals surface area contributed by atoms with Gasteiger partial charge in [0.2, 0.25) is 0 Å². The molecular weight excluding hydrogens is 316 g/mol. The first-order valence-corrected chi connectivity index (χ1v) is 8.35. The zero-order valence-corrected chi connectivity index (χ0v) is 14.3. The molecule has 1 atom stereocenters. The fourth-order valence-electron chi connectivity index (χ4n) is 2.76. The molecule has 112 valence electrons. The maximum atomic E-state index is 4.40. The first-order valence-electron chi connectivity index (χ1n) is 7.55. The second-order valence-electron chi connectivity index (χ2n) is 6.24. The van der Waals surface area contributed by atoms with Crippen molar-refractivity contribution >= 4 is 27.6 Å². The molecule has 1 heterocycles. The predicted octanol–water partition coefficient (Wildman–Crippen LogP) is 4.44. The van der Waals surface area contributed by atoms with Gasteiger partial charge in [-0.2, -0.15) is 0 Å². The summed E-state index contributed by atoms with van der Waals surface area (Å²) in [5.74, 6) is 1.77. The minimum atomic E-state index is 0.319. The van der Waals surface area contributed by atoms with Crippen LogP contribution < -0.4 is 10.6 Å². The van der Waals surface area contributed by atoms with E-state index < -0.39 is 0 Å². The van der Waals surface area contributed by atoms with E-state index in [1.54, 1.807) is 6.33 Å². The Kier molecular flexibility index (Phi) is 5.24. The van der Waals surface area contributed by atoms with Crippen LogP contribution in [-0.4, -0.2) is 22.6 Å². The molecule has 0 saturated heterocycles. The van der Waals surface area contributed by atoms with E-state index in [1.807, 2.05) is 0 Å². The number of aromatic nitrogens is 2. The molecule has 1 aliphatic rings. The minimum Gasteiger partial charge on any atom is -0.369 e. The third-order valence-corrected chi connectivity index (χ3v) is 4.90. The number of anilines is 2. The Balaban J connectivity index is 2.12. The first kappa shape index (κ1) is 15.5.